The number of Topliss-reactive ketones (excluding diaryl/α,β-unsaturated/α-hetero) is 1. The maximum Gasteiger partial charge on any atom is 0.325 e. The Balaban J connectivity index is 1.39. The molecule has 174 valence electrons. The number of rotatable bonds is 4. The molecule has 1 atom stereocenters. The molecular weight excluding hydrogens is 433 g/mol. The molecule has 1 N–H and O–H groups in total. The number of fused-ring (bicyclic) bond motifs is 1. The van der Waals surface area contributed by atoms with Crippen molar-refractivity contribution in [2.75, 3.05) is 6.54 Å². The van der Waals surface area contributed by atoms with Crippen LogP contribution in [-0.4, -0.2) is 39.3 Å². The third kappa shape index (κ3) is 3.43. The minimum absolute atomic E-state index is 0.323. The van der Waals surface area contributed by atoms with Crippen LogP contribution in [-0.2, 0) is 17.6 Å². The number of urea groups is 1. The number of benzene rings is 2. The fourth-order valence-electron chi connectivity index (χ4n) is 5.24. The molecule has 2 aliphatic rings. The standard InChI is InChI=1S/C27H26FN3O3/c1-16-8-9-21(13-23(16)28)31-17(2)12-22(18(31)3)24(32)15-30-25(33)27(29-26(30)34)11-10-19-6-4-5-7-20(19)14-27/h4-9,12-13H,10-11,14-15H2,1-3H3,(H,29,34). The summed E-state index contributed by atoms with van der Waals surface area (Å²) < 4.78 is 16.0. The number of hydrogen-bond donors (Lipinski definition) is 1. The lowest BCUT2D eigenvalue weighted by Gasteiger charge is -2.32. The number of aromatic nitrogens is 1. The number of carbonyl (C=O) groups excluding carboxylic acids is 3. The smallest absolute Gasteiger partial charge is 0.323 e. The molecule has 3 aromatic rings. The van der Waals surface area contributed by atoms with Gasteiger partial charge in [-0.1, -0.05) is 30.3 Å². The Morgan fingerprint density at radius 3 is 2.53 bits per heavy atom. The molecule has 0 bridgehead atoms. The fourth-order valence-corrected chi connectivity index (χ4v) is 5.24. The number of imide groups is 1. The van der Waals surface area contributed by atoms with Gasteiger partial charge in [-0.3, -0.25) is 14.5 Å². The second-order valence-electron chi connectivity index (χ2n) is 9.33. The second kappa shape index (κ2) is 7.94. The molecule has 1 aliphatic carbocycles. The van der Waals surface area contributed by atoms with Crippen LogP contribution in [0.25, 0.3) is 5.69 Å². The van der Waals surface area contributed by atoms with Crippen LogP contribution in [0.15, 0.2) is 48.5 Å². The molecule has 7 heteroatoms. The Morgan fingerprint density at radius 2 is 1.79 bits per heavy atom. The van der Waals surface area contributed by atoms with Crippen molar-refractivity contribution in [1.82, 2.24) is 14.8 Å². The van der Waals surface area contributed by atoms with E-state index in [1.165, 1.54) is 11.6 Å². The third-order valence-electron chi connectivity index (χ3n) is 7.12. The summed E-state index contributed by atoms with van der Waals surface area (Å²) in [6.07, 6.45) is 1.62. The van der Waals surface area contributed by atoms with E-state index in [-0.39, 0.29) is 24.1 Å². The van der Waals surface area contributed by atoms with Crippen LogP contribution in [0.2, 0.25) is 0 Å². The van der Waals surface area contributed by atoms with E-state index in [0.29, 0.717) is 41.8 Å². The lowest BCUT2D eigenvalue weighted by molar-refractivity contribution is -0.131. The number of nitrogens with zero attached hydrogens (tertiary/aromatic N) is 2. The summed E-state index contributed by atoms with van der Waals surface area (Å²) in [5, 5.41) is 2.87. The molecule has 2 aromatic carbocycles. The first-order chi connectivity index (χ1) is 16.2. The van der Waals surface area contributed by atoms with Crippen molar-refractivity contribution in [2.45, 2.75) is 45.6 Å². The van der Waals surface area contributed by atoms with Gasteiger partial charge in [-0.2, -0.15) is 0 Å². The molecule has 1 saturated heterocycles. The zero-order chi connectivity index (χ0) is 24.2. The zero-order valence-electron chi connectivity index (χ0n) is 19.4. The van der Waals surface area contributed by atoms with Gasteiger partial charge in [0, 0.05) is 29.1 Å². The van der Waals surface area contributed by atoms with E-state index < -0.39 is 11.6 Å². The van der Waals surface area contributed by atoms with Crippen LogP contribution in [0, 0.1) is 26.6 Å². The maximum atomic E-state index is 14.1. The molecule has 6 nitrogen and oxygen atoms in total. The monoisotopic (exact) mass is 459 g/mol. The summed E-state index contributed by atoms with van der Waals surface area (Å²) in [5.74, 6) is -1.00. The van der Waals surface area contributed by atoms with Gasteiger partial charge in [-0.25, -0.2) is 9.18 Å². The Hall–Kier alpha value is -3.74. The summed E-state index contributed by atoms with van der Waals surface area (Å²) >= 11 is 0. The van der Waals surface area contributed by atoms with Crippen molar-refractivity contribution in [3.8, 4) is 5.69 Å². The van der Waals surface area contributed by atoms with Crippen molar-refractivity contribution in [3.63, 3.8) is 0 Å². The van der Waals surface area contributed by atoms with Crippen LogP contribution in [0.1, 0.15) is 44.9 Å². The number of halogens is 1. The van der Waals surface area contributed by atoms with Crippen molar-refractivity contribution < 1.29 is 18.8 Å². The Kier molecular flexibility index (Phi) is 5.15. The van der Waals surface area contributed by atoms with Gasteiger partial charge in [-0.05, 0) is 68.5 Å². The minimum atomic E-state index is -0.998. The number of ketones is 1. The molecule has 5 rings (SSSR count). The second-order valence-corrected chi connectivity index (χ2v) is 9.33. The van der Waals surface area contributed by atoms with Crippen LogP contribution in [0.5, 0.6) is 0 Å². The van der Waals surface area contributed by atoms with Gasteiger partial charge in [-0.15, -0.1) is 0 Å². The van der Waals surface area contributed by atoms with Crippen LogP contribution >= 0.6 is 0 Å². The molecule has 1 spiro atoms. The Morgan fingerprint density at radius 1 is 1.06 bits per heavy atom. The highest BCUT2D eigenvalue weighted by Crippen LogP contribution is 2.34. The summed E-state index contributed by atoms with van der Waals surface area (Å²) in [4.78, 5) is 40.4. The van der Waals surface area contributed by atoms with Gasteiger partial charge in [0.1, 0.15) is 11.4 Å². The Labute approximate surface area is 197 Å². The van der Waals surface area contributed by atoms with E-state index in [0.717, 1.165) is 16.2 Å². The molecule has 3 amide bonds. The van der Waals surface area contributed by atoms with Crippen molar-refractivity contribution in [3.05, 3.63) is 88.0 Å². The molecule has 1 aromatic heterocycles. The van der Waals surface area contributed by atoms with Crippen LogP contribution in [0.3, 0.4) is 0 Å². The zero-order valence-corrected chi connectivity index (χ0v) is 19.4. The highest BCUT2D eigenvalue weighted by Gasteiger charge is 2.52. The van der Waals surface area contributed by atoms with Gasteiger partial charge in [0.05, 0.1) is 6.54 Å². The quantitative estimate of drug-likeness (QED) is 0.470. The highest BCUT2D eigenvalue weighted by atomic mass is 19.1. The lowest BCUT2D eigenvalue weighted by atomic mass is 9.78. The topological polar surface area (TPSA) is 71.4 Å². The molecule has 2 heterocycles. The molecule has 0 radical (unpaired) electrons. The highest BCUT2D eigenvalue weighted by molar-refractivity contribution is 6.11. The molecule has 0 saturated carbocycles. The van der Waals surface area contributed by atoms with Crippen molar-refractivity contribution in [2.24, 2.45) is 0 Å². The first-order valence-corrected chi connectivity index (χ1v) is 11.4. The molecule has 1 aliphatic heterocycles. The van der Waals surface area contributed by atoms with Gasteiger partial charge in [0.25, 0.3) is 5.91 Å². The summed E-state index contributed by atoms with van der Waals surface area (Å²) in [6, 6.07) is 14.0. The van der Waals surface area contributed by atoms with Gasteiger partial charge in [0.2, 0.25) is 0 Å². The first-order valence-electron chi connectivity index (χ1n) is 11.4. The number of aryl methyl sites for hydroxylation is 3. The van der Waals surface area contributed by atoms with Crippen molar-refractivity contribution in [1.29, 1.82) is 0 Å². The predicted octanol–water partition coefficient (Wildman–Crippen LogP) is 4.20. The molecule has 1 fully saturated rings. The normalized spacial score (nSPS) is 19.5. The summed E-state index contributed by atoms with van der Waals surface area (Å²) in [5.41, 5.74) is 4.21. The average molecular weight is 460 g/mol. The molecule has 34 heavy (non-hydrogen) atoms. The van der Waals surface area contributed by atoms with E-state index in [1.54, 1.807) is 36.6 Å². The number of amides is 3. The minimum Gasteiger partial charge on any atom is -0.323 e. The first kappa shape index (κ1) is 22.1. The third-order valence-corrected chi connectivity index (χ3v) is 7.12. The van der Waals surface area contributed by atoms with Crippen LogP contribution in [0.4, 0.5) is 9.18 Å². The van der Waals surface area contributed by atoms with Gasteiger partial charge >= 0.3 is 6.03 Å². The molecular formula is C27H26FN3O3. The number of carbonyl (C=O) groups is 3. The van der Waals surface area contributed by atoms with E-state index in [4.69, 9.17) is 0 Å². The van der Waals surface area contributed by atoms with Gasteiger partial charge < -0.3 is 9.88 Å². The average Bonchev–Trinajstić information content (AvgIpc) is 3.23. The van der Waals surface area contributed by atoms with E-state index in [2.05, 4.69) is 5.32 Å². The number of hydrogen-bond acceptors (Lipinski definition) is 3. The van der Waals surface area contributed by atoms with Crippen LogP contribution < -0.4 is 5.32 Å². The van der Waals surface area contributed by atoms with E-state index >= 15 is 0 Å². The largest absolute Gasteiger partial charge is 0.325 e. The SMILES string of the molecule is Cc1ccc(-n2c(C)cc(C(=O)CN3C(=O)NC4(CCc5ccccc5C4)C3=O)c2C)cc1F. The Bertz CT molecular complexity index is 1360. The van der Waals surface area contributed by atoms with E-state index in [9.17, 15) is 18.8 Å². The van der Waals surface area contributed by atoms with Crippen molar-refractivity contribution >= 4 is 17.7 Å². The predicted molar refractivity (Wildman–Crippen MR) is 126 cm³/mol. The number of nitrogens with one attached hydrogen (secondary N) is 1. The fraction of sp³-hybridized carbons (Fsp3) is 0.296. The lowest BCUT2D eigenvalue weighted by Crippen LogP contribution is -2.51. The summed E-state index contributed by atoms with van der Waals surface area (Å²) in [7, 11) is 0. The van der Waals surface area contributed by atoms with E-state index in [1.807, 2.05) is 31.2 Å². The van der Waals surface area contributed by atoms with Gasteiger partial charge in [0.15, 0.2) is 5.78 Å². The summed E-state index contributed by atoms with van der Waals surface area (Å²) in [6.45, 7) is 4.98. The maximum absolute atomic E-state index is 14.1. The molecule has 1 unspecified atom stereocenters.